The highest BCUT2D eigenvalue weighted by molar-refractivity contribution is 5.96. The Kier molecular flexibility index (Phi) is 5.69. The fraction of sp³-hybridized carbons (Fsp3) is 0.600. The first-order chi connectivity index (χ1) is 12.5. The van der Waals surface area contributed by atoms with Gasteiger partial charge in [-0.1, -0.05) is 13.8 Å². The van der Waals surface area contributed by atoms with Crippen LogP contribution in [0.25, 0.3) is 0 Å². The molecule has 2 heterocycles. The molecular formula is C20H29N3O3. The number of nitrogens with one attached hydrogen (secondary N) is 1. The van der Waals surface area contributed by atoms with E-state index in [0.29, 0.717) is 31.4 Å². The zero-order valence-corrected chi connectivity index (χ0v) is 15.9. The van der Waals surface area contributed by atoms with E-state index in [4.69, 9.17) is 4.74 Å². The van der Waals surface area contributed by atoms with Crippen LogP contribution in [0.15, 0.2) is 24.3 Å². The van der Waals surface area contributed by atoms with Gasteiger partial charge in [0.25, 0.3) is 0 Å². The minimum atomic E-state index is -0.144. The highest BCUT2D eigenvalue weighted by Crippen LogP contribution is 2.25. The minimum Gasteiger partial charge on any atom is -0.494 e. The van der Waals surface area contributed by atoms with Crippen molar-refractivity contribution in [1.82, 2.24) is 10.2 Å². The average Bonchev–Trinajstić information content (AvgIpc) is 2.95. The number of carbonyl (C=O) groups is 2. The maximum absolute atomic E-state index is 12.6. The van der Waals surface area contributed by atoms with Crippen LogP contribution in [0.4, 0.5) is 10.5 Å². The Hall–Kier alpha value is -2.24. The Bertz CT molecular complexity index is 636. The van der Waals surface area contributed by atoms with Gasteiger partial charge in [0.05, 0.1) is 12.6 Å². The summed E-state index contributed by atoms with van der Waals surface area (Å²) in [6, 6.07) is 7.33. The SMILES string of the molecule is CCOc1ccc(N2CC(NC(=O)N3CC(C)CC(C)C3)CC2=O)cc1. The summed E-state index contributed by atoms with van der Waals surface area (Å²) in [6.45, 7) is 9.01. The molecule has 2 aliphatic rings. The molecule has 0 bridgehead atoms. The molecule has 6 nitrogen and oxygen atoms in total. The summed E-state index contributed by atoms with van der Waals surface area (Å²) >= 11 is 0. The van der Waals surface area contributed by atoms with Crippen LogP contribution in [0.5, 0.6) is 5.75 Å². The number of urea groups is 1. The van der Waals surface area contributed by atoms with Gasteiger partial charge in [-0.05, 0) is 49.4 Å². The first kappa shape index (κ1) is 18.5. The second kappa shape index (κ2) is 7.98. The number of piperidine rings is 1. The van der Waals surface area contributed by atoms with Crippen molar-refractivity contribution < 1.29 is 14.3 Å². The van der Waals surface area contributed by atoms with Gasteiger partial charge in [-0.25, -0.2) is 4.79 Å². The van der Waals surface area contributed by atoms with E-state index in [-0.39, 0.29) is 18.0 Å². The molecule has 1 aromatic rings. The van der Waals surface area contributed by atoms with E-state index < -0.39 is 0 Å². The van der Waals surface area contributed by atoms with Gasteiger partial charge in [-0.15, -0.1) is 0 Å². The highest BCUT2D eigenvalue weighted by atomic mass is 16.5. The van der Waals surface area contributed by atoms with Crippen LogP contribution in [0, 0.1) is 11.8 Å². The largest absolute Gasteiger partial charge is 0.494 e. The molecule has 3 rings (SSSR count). The van der Waals surface area contributed by atoms with Crippen molar-refractivity contribution in [2.45, 2.75) is 39.7 Å². The molecule has 1 aromatic carbocycles. The summed E-state index contributed by atoms with van der Waals surface area (Å²) in [6.07, 6.45) is 1.51. The van der Waals surface area contributed by atoms with E-state index in [1.165, 1.54) is 0 Å². The minimum absolute atomic E-state index is 0.0415. The number of benzene rings is 1. The predicted octanol–water partition coefficient (Wildman–Crippen LogP) is 2.88. The number of nitrogens with zero attached hydrogens (tertiary/aromatic N) is 2. The summed E-state index contributed by atoms with van der Waals surface area (Å²) < 4.78 is 5.44. The molecule has 0 spiro atoms. The first-order valence-corrected chi connectivity index (χ1v) is 9.55. The molecule has 0 radical (unpaired) electrons. The van der Waals surface area contributed by atoms with Crippen LogP contribution in [-0.2, 0) is 4.79 Å². The monoisotopic (exact) mass is 359 g/mol. The van der Waals surface area contributed by atoms with Crippen molar-refractivity contribution in [2.24, 2.45) is 11.8 Å². The van der Waals surface area contributed by atoms with Gasteiger partial charge in [-0.3, -0.25) is 4.79 Å². The van der Waals surface area contributed by atoms with E-state index in [0.717, 1.165) is 30.9 Å². The lowest BCUT2D eigenvalue weighted by atomic mass is 9.92. The molecule has 142 valence electrons. The number of hydrogen-bond donors (Lipinski definition) is 1. The van der Waals surface area contributed by atoms with Gasteiger partial charge in [0.15, 0.2) is 0 Å². The third-order valence-corrected chi connectivity index (χ3v) is 5.07. The molecule has 6 heteroatoms. The van der Waals surface area contributed by atoms with Crippen molar-refractivity contribution in [3.05, 3.63) is 24.3 Å². The van der Waals surface area contributed by atoms with E-state index in [2.05, 4.69) is 19.2 Å². The number of likely N-dealkylation sites (tertiary alicyclic amines) is 1. The molecule has 2 saturated heterocycles. The highest BCUT2D eigenvalue weighted by Gasteiger charge is 2.33. The van der Waals surface area contributed by atoms with Crippen molar-refractivity contribution in [2.75, 3.05) is 31.1 Å². The molecule has 3 amide bonds. The number of anilines is 1. The summed E-state index contributed by atoms with van der Waals surface area (Å²) in [5, 5.41) is 3.05. The Morgan fingerprint density at radius 2 is 1.81 bits per heavy atom. The molecule has 2 aliphatic heterocycles. The molecule has 2 fully saturated rings. The zero-order valence-electron chi connectivity index (χ0n) is 15.9. The quantitative estimate of drug-likeness (QED) is 0.899. The fourth-order valence-electron chi connectivity index (χ4n) is 4.04. The number of ether oxygens (including phenoxy) is 1. The third kappa shape index (κ3) is 4.29. The van der Waals surface area contributed by atoms with Gasteiger partial charge < -0.3 is 19.9 Å². The summed E-state index contributed by atoms with van der Waals surface area (Å²) in [4.78, 5) is 28.6. The molecule has 26 heavy (non-hydrogen) atoms. The van der Waals surface area contributed by atoms with Crippen LogP contribution in [0.2, 0.25) is 0 Å². The van der Waals surface area contributed by atoms with Crippen LogP contribution in [0.1, 0.15) is 33.6 Å². The summed E-state index contributed by atoms with van der Waals surface area (Å²) in [5.74, 6) is 1.88. The first-order valence-electron chi connectivity index (χ1n) is 9.55. The lowest BCUT2D eigenvalue weighted by Crippen LogP contribution is -2.50. The van der Waals surface area contributed by atoms with E-state index in [9.17, 15) is 9.59 Å². The molecule has 0 aromatic heterocycles. The van der Waals surface area contributed by atoms with Crippen LogP contribution >= 0.6 is 0 Å². The van der Waals surface area contributed by atoms with Crippen LogP contribution in [-0.4, -0.2) is 49.1 Å². The standard InChI is InChI=1S/C20H29N3O3/c1-4-26-18-7-5-17(6-8-18)23-13-16(10-19(23)24)21-20(25)22-11-14(2)9-15(3)12-22/h5-8,14-16H,4,9-13H2,1-3H3,(H,21,25). The van der Waals surface area contributed by atoms with Gasteiger partial charge in [0.1, 0.15) is 5.75 Å². The smallest absolute Gasteiger partial charge is 0.317 e. The van der Waals surface area contributed by atoms with Crippen LogP contribution in [0.3, 0.4) is 0 Å². The molecule has 0 saturated carbocycles. The fourth-order valence-corrected chi connectivity index (χ4v) is 4.04. The normalized spacial score (nSPS) is 26.1. The number of rotatable bonds is 4. The summed E-state index contributed by atoms with van der Waals surface area (Å²) in [5.41, 5.74) is 0.843. The second-order valence-electron chi connectivity index (χ2n) is 7.63. The maximum atomic E-state index is 12.6. The third-order valence-electron chi connectivity index (χ3n) is 5.07. The van der Waals surface area contributed by atoms with Gasteiger partial charge in [0.2, 0.25) is 5.91 Å². The zero-order chi connectivity index (χ0) is 18.7. The van der Waals surface area contributed by atoms with Crippen LogP contribution < -0.4 is 15.0 Å². The van der Waals surface area contributed by atoms with Crippen molar-refractivity contribution >= 4 is 17.6 Å². The predicted molar refractivity (Wildman–Crippen MR) is 101 cm³/mol. The average molecular weight is 359 g/mol. The van der Waals surface area contributed by atoms with Gasteiger partial charge >= 0.3 is 6.03 Å². The molecule has 0 aliphatic carbocycles. The molecule has 1 N–H and O–H groups in total. The Morgan fingerprint density at radius 3 is 2.42 bits per heavy atom. The lowest BCUT2D eigenvalue weighted by Gasteiger charge is -2.35. The molecule has 3 atom stereocenters. The van der Waals surface area contributed by atoms with Gasteiger partial charge in [0, 0.05) is 31.7 Å². The second-order valence-corrected chi connectivity index (χ2v) is 7.63. The van der Waals surface area contributed by atoms with E-state index in [1.54, 1.807) is 4.90 Å². The maximum Gasteiger partial charge on any atom is 0.317 e. The Balaban J connectivity index is 1.58. The lowest BCUT2D eigenvalue weighted by molar-refractivity contribution is -0.117. The van der Waals surface area contributed by atoms with Crippen molar-refractivity contribution in [3.63, 3.8) is 0 Å². The Labute approximate surface area is 155 Å². The Morgan fingerprint density at radius 1 is 1.15 bits per heavy atom. The van der Waals surface area contributed by atoms with E-state index >= 15 is 0 Å². The topological polar surface area (TPSA) is 61.9 Å². The number of amides is 3. The van der Waals surface area contributed by atoms with Crippen molar-refractivity contribution in [1.29, 1.82) is 0 Å². The van der Waals surface area contributed by atoms with E-state index in [1.807, 2.05) is 36.1 Å². The van der Waals surface area contributed by atoms with Crippen molar-refractivity contribution in [3.8, 4) is 5.75 Å². The number of carbonyl (C=O) groups excluding carboxylic acids is 2. The van der Waals surface area contributed by atoms with Gasteiger partial charge in [-0.2, -0.15) is 0 Å². The number of hydrogen-bond acceptors (Lipinski definition) is 3. The summed E-state index contributed by atoms with van der Waals surface area (Å²) in [7, 11) is 0. The molecule has 3 unspecified atom stereocenters. The molecular weight excluding hydrogens is 330 g/mol.